The van der Waals surface area contributed by atoms with Crippen molar-refractivity contribution in [3.63, 3.8) is 0 Å². The Hall–Kier alpha value is -2.92. The van der Waals surface area contributed by atoms with Crippen LogP contribution in [0.3, 0.4) is 0 Å². The molecule has 1 unspecified atom stereocenters. The molecule has 0 amide bonds. The summed E-state index contributed by atoms with van der Waals surface area (Å²) in [6, 6.07) is 0. The van der Waals surface area contributed by atoms with Gasteiger partial charge < -0.3 is 14.2 Å². The first kappa shape index (κ1) is 65.1. The van der Waals surface area contributed by atoms with Crippen LogP contribution in [0.5, 0.6) is 0 Å². The fourth-order valence-corrected chi connectivity index (χ4v) is 8.10. The molecule has 0 aliphatic carbocycles. The molecule has 0 aliphatic heterocycles. The number of hydrogen-bond acceptors (Lipinski definition) is 5. The number of unbranched alkanes of at least 4 members (excludes halogenated alkanes) is 28. The van der Waals surface area contributed by atoms with E-state index in [1.54, 1.807) is 0 Å². The van der Waals surface area contributed by atoms with Crippen molar-refractivity contribution < 1.29 is 23.8 Å². The Bertz CT molecular complexity index is 1250. The van der Waals surface area contributed by atoms with Crippen LogP contribution in [-0.2, 0) is 23.8 Å². The van der Waals surface area contributed by atoms with Gasteiger partial charge in [0.05, 0.1) is 6.61 Å². The molecular formula is C63H110O5. The third kappa shape index (κ3) is 55.7. The molecule has 0 saturated carbocycles. The zero-order valence-corrected chi connectivity index (χ0v) is 45.1. The Morgan fingerprint density at radius 3 is 1.10 bits per heavy atom. The van der Waals surface area contributed by atoms with Gasteiger partial charge in [-0.25, -0.2) is 0 Å². The smallest absolute Gasteiger partial charge is 0.306 e. The van der Waals surface area contributed by atoms with Gasteiger partial charge in [-0.15, -0.1) is 0 Å². The van der Waals surface area contributed by atoms with Crippen molar-refractivity contribution in [1.82, 2.24) is 0 Å². The average Bonchev–Trinajstić information content (AvgIpc) is 3.34. The van der Waals surface area contributed by atoms with Gasteiger partial charge >= 0.3 is 11.9 Å². The van der Waals surface area contributed by atoms with Crippen LogP contribution in [0.1, 0.15) is 278 Å². The van der Waals surface area contributed by atoms with E-state index in [4.69, 9.17) is 14.2 Å². The Balaban J connectivity index is 4.34. The van der Waals surface area contributed by atoms with E-state index in [0.717, 1.165) is 103 Å². The highest BCUT2D eigenvalue weighted by Crippen LogP contribution is 2.15. The number of hydrogen-bond donors (Lipinski definition) is 0. The second kappa shape index (κ2) is 58.4. The topological polar surface area (TPSA) is 61.8 Å². The van der Waals surface area contributed by atoms with E-state index in [1.165, 1.54) is 141 Å². The molecule has 0 rings (SSSR count). The molecule has 0 spiro atoms. The van der Waals surface area contributed by atoms with E-state index < -0.39 is 6.10 Å². The molecule has 0 aromatic rings. The second-order valence-corrected chi connectivity index (χ2v) is 19.2. The van der Waals surface area contributed by atoms with Gasteiger partial charge in [0, 0.05) is 19.4 Å². The van der Waals surface area contributed by atoms with Crippen LogP contribution in [0.4, 0.5) is 0 Å². The zero-order chi connectivity index (χ0) is 49.2. The molecule has 392 valence electrons. The summed E-state index contributed by atoms with van der Waals surface area (Å²) in [7, 11) is 0. The lowest BCUT2D eigenvalue weighted by Crippen LogP contribution is -2.30. The van der Waals surface area contributed by atoms with Crippen LogP contribution in [0.2, 0.25) is 0 Å². The molecule has 0 N–H and O–H groups in total. The summed E-state index contributed by atoms with van der Waals surface area (Å²) in [5.74, 6) is -0.443. The minimum atomic E-state index is -0.560. The molecule has 0 saturated heterocycles. The van der Waals surface area contributed by atoms with Crippen molar-refractivity contribution in [2.24, 2.45) is 0 Å². The fraction of sp³-hybridized carbons (Fsp3) is 0.746. The van der Waals surface area contributed by atoms with Gasteiger partial charge in [0.2, 0.25) is 0 Å². The standard InChI is InChI=1S/C63H110O5/c1-4-7-10-13-16-19-22-25-28-30-32-33-36-38-41-44-47-50-53-56-62(64)67-60-61(68-63(65)57-54-51-48-45-42-39-35-27-24-21-18-15-12-9-6-3)59-66-58-55-52-49-46-43-40-37-34-31-29-26-23-20-17-14-11-8-5-2/h7,10,16,18-19,21,25,27-28,32-33,35,38,41,61H,4-6,8-9,11-15,17,20,22-24,26,29-31,34,36-37,39-40,42-60H2,1-3H3/b10-7-,19-16-,21-18-,28-25-,33-32-,35-27-,41-38-. The lowest BCUT2D eigenvalue weighted by atomic mass is 10.0. The van der Waals surface area contributed by atoms with Crippen LogP contribution in [0.25, 0.3) is 0 Å². The average molecular weight is 948 g/mol. The monoisotopic (exact) mass is 947 g/mol. The molecular weight excluding hydrogens is 837 g/mol. The highest BCUT2D eigenvalue weighted by molar-refractivity contribution is 5.70. The van der Waals surface area contributed by atoms with Gasteiger partial charge in [-0.2, -0.15) is 0 Å². The lowest BCUT2D eigenvalue weighted by molar-refractivity contribution is -0.163. The van der Waals surface area contributed by atoms with E-state index in [1.807, 2.05) is 0 Å². The van der Waals surface area contributed by atoms with Gasteiger partial charge in [-0.3, -0.25) is 9.59 Å². The molecule has 0 aliphatic rings. The number of ether oxygens (including phenoxy) is 3. The summed E-state index contributed by atoms with van der Waals surface area (Å²) in [5, 5.41) is 0. The Labute approximate surface area is 422 Å². The highest BCUT2D eigenvalue weighted by Gasteiger charge is 2.17. The third-order valence-electron chi connectivity index (χ3n) is 12.4. The fourth-order valence-electron chi connectivity index (χ4n) is 8.10. The van der Waals surface area contributed by atoms with E-state index >= 15 is 0 Å². The minimum absolute atomic E-state index is 0.0614. The van der Waals surface area contributed by atoms with Crippen LogP contribution in [-0.4, -0.2) is 37.9 Å². The maximum Gasteiger partial charge on any atom is 0.306 e. The summed E-state index contributed by atoms with van der Waals surface area (Å²) < 4.78 is 17.5. The summed E-state index contributed by atoms with van der Waals surface area (Å²) in [6.45, 7) is 7.67. The van der Waals surface area contributed by atoms with Crippen LogP contribution < -0.4 is 0 Å². The number of esters is 2. The molecule has 1 atom stereocenters. The van der Waals surface area contributed by atoms with Gasteiger partial charge in [0.25, 0.3) is 0 Å². The zero-order valence-electron chi connectivity index (χ0n) is 45.1. The summed E-state index contributed by atoms with van der Waals surface area (Å²) >= 11 is 0. The van der Waals surface area contributed by atoms with Gasteiger partial charge in [-0.05, 0) is 96.3 Å². The summed E-state index contributed by atoms with van der Waals surface area (Å²) in [4.78, 5) is 25.5. The molecule has 0 heterocycles. The maximum atomic E-state index is 12.9. The van der Waals surface area contributed by atoms with Crippen molar-refractivity contribution in [1.29, 1.82) is 0 Å². The van der Waals surface area contributed by atoms with Gasteiger partial charge in [0.1, 0.15) is 6.61 Å². The van der Waals surface area contributed by atoms with E-state index in [9.17, 15) is 9.59 Å². The van der Waals surface area contributed by atoms with Crippen LogP contribution in [0.15, 0.2) is 85.1 Å². The van der Waals surface area contributed by atoms with E-state index in [2.05, 4.69) is 106 Å². The third-order valence-corrected chi connectivity index (χ3v) is 12.4. The van der Waals surface area contributed by atoms with Crippen molar-refractivity contribution in [2.75, 3.05) is 19.8 Å². The first-order valence-electron chi connectivity index (χ1n) is 29.1. The lowest BCUT2D eigenvalue weighted by Gasteiger charge is -2.18. The Morgan fingerprint density at radius 2 is 0.662 bits per heavy atom. The van der Waals surface area contributed by atoms with E-state index in [-0.39, 0.29) is 25.2 Å². The molecule has 0 bridgehead atoms. The quantitative estimate of drug-likeness (QED) is 0.0345. The van der Waals surface area contributed by atoms with Gasteiger partial charge in [0.15, 0.2) is 6.10 Å². The first-order chi connectivity index (χ1) is 33.6. The second-order valence-electron chi connectivity index (χ2n) is 19.2. The number of allylic oxidation sites excluding steroid dienone is 14. The molecule has 0 aromatic carbocycles. The van der Waals surface area contributed by atoms with Crippen molar-refractivity contribution in [2.45, 2.75) is 284 Å². The van der Waals surface area contributed by atoms with Crippen LogP contribution >= 0.6 is 0 Å². The van der Waals surface area contributed by atoms with Gasteiger partial charge in [-0.1, -0.05) is 254 Å². The predicted molar refractivity (Wildman–Crippen MR) is 297 cm³/mol. The number of rotatable bonds is 53. The van der Waals surface area contributed by atoms with Crippen molar-refractivity contribution in [3.05, 3.63) is 85.1 Å². The number of carbonyl (C=O) groups excluding carboxylic acids is 2. The predicted octanol–water partition coefficient (Wildman–Crippen LogP) is 20.0. The normalized spacial score (nSPS) is 12.8. The number of carbonyl (C=O) groups is 2. The Morgan fingerprint density at radius 1 is 0.338 bits per heavy atom. The first-order valence-corrected chi connectivity index (χ1v) is 29.1. The SMILES string of the molecule is CC/C=C\C/C=C\C/C=C\C/C=C\C/C=C\CCCCCC(=O)OCC(COCCCCCCCCCCCCCCCCCCCC)OC(=O)CCCCCCC/C=C\C/C=C\CCCCC. The van der Waals surface area contributed by atoms with Crippen molar-refractivity contribution >= 4 is 11.9 Å². The molecule has 5 nitrogen and oxygen atoms in total. The van der Waals surface area contributed by atoms with E-state index in [0.29, 0.717) is 19.4 Å². The van der Waals surface area contributed by atoms with Crippen molar-refractivity contribution in [3.8, 4) is 0 Å². The summed E-state index contributed by atoms with van der Waals surface area (Å²) in [6.07, 6.45) is 77.5. The molecule has 68 heavy (non-hydrogen) atoms. The van der Waals surface area contributed by atoms with Crippen LogP contribution in [0, 0.1) is 0 Å². The molecule has 0 radical (unpaired) electrons. The molecule has 5 heteroatoms. The molecule has 0 fully saturated rings. The summed E-state index contributed by atoms with van der Waals surface area (Å²) in [5.41, 5.74) is 0. The largest absolute Gasteiger partial charge is 0.462 e. The molecule has 0 aromatic heterocycles. The highest BCUT2D eigenvalue weighted by atomic mass is 16.6. The maximum absolute atomic E-state index is 12.9. The minimum Gasteiger partial charge on any atom is -0.462 e. The Kier molecular flexibility index (Phi) is 55.9.